The molecule has 3 rings (SSSR count). The first kappa shape index (κ1) is 14.9. The average Bonchev–Trinajstić information content (AvgIpc) is 3.03. The summed E-state index contributed by atoms with van der Waals surface area (Å²) in [5, 5.41) is 4.52. The van der Waals surface area contributed by atoms with Crippen LogP contribution in [0.25, 0.3) is 11.0 Å². The number of halogens is 1. The Kier molecular flexibility index (Phi) is 3.98. The molecule has 0 radical (unpaired) electrons. The molecule has 1 aromatic heterocycles. The van der Waals surface area contributed by atoms with E-state index in [2.05, 4.69) is 30.7 Å². The molecule has 2 aromatic rings. The van der Waals surface area contributed by atoms with Gasteiger partial charge in [-0.2, -0.15) is 0 Å². The van der Waals surface area contributed by atoms with Gasteiger partial charge in [-0.15, -0.1) is 0 Å². The van der Waals surface area contributed by atoms with Crippen LogP contribution in [0.5, 0.6) is 0 Å². The minimum atomic E-state index is 0.0323. The van der Waals surface area contributed by atoms with Crippen LogP contribution < -0.4 is 5.32 Å². The summed E-state index contributed by atoms with van der Waals surface area (Å²) in [4.78, 5) is 4.99. The van der Waals surface area contributed by atoms with Crippen molar-refractivity contribution in [3.8, 4) is 0 Å². The van der Waals surface area contributed by atoms with E-state index in [0.29, 0.717) is 6.04 Å². The monoisotopic (exact) mass is 305 g/mol. The zero-order chi connectivity index (χ0) is 15.0. The van der Waals surface area contributed by atoms with E-state index in [1.165, 1.54) is 18.7 Å². The molecule has 0 saturated carbocycles. The molecule has 1 saturated heterocycles. The van der Waals surface area contributed by atoms with Gasteiger partial charge in [-0.25, -0.2) is 4.98 Å². The molecule has 21 heavy (non-hydrogen) atoms. The molecule has 114 valence electrons. The van der Waals surface area contributed by atoms with E-state index >= 15 is 0 Å². The lowest BCUT2D eigenvalue weighted by Crippen LogP contribution is -2.39. The molecule has 3 nitrogen and oxygen atoms in total. The summed E-state index contributed by atoms with van der Waals surface area (Å²) in [6.07, 6.45) is 4.69. The highest BCUT2D eigenvalue weighted by molar-refractivity contribution is 6.31. The minimum Gasteiger partial charge on any atom is -0.324 e. The van der Waals surface area contributed by atoms with Crippen LogP contribution in [0.3, 0.4) is 0 Å². The maximum absolute atomic E-state index is 6.20. The molecule has 0 bridgehead atoms. The highest BCUT2D eigenvalue weighted by Gasteiger charge is 2.39. The van der Waals surface area contributed by atoms with Crippen LogP contribution in [0, 0.1) is 0 Å². The summed E-state index contributed by atoms with van der Waals surface area (Å²) >= 11 is 6.20. The van der Waals surface area contributed by atoms with E-state index in [9.17, 15) is 0 Å². The van der Waals surface area contributed by atoms with Gasteiger partial charge in [0.2, 0.25) is 0 Å². The van der Waals surface area contributed by atoms with E-state index in [1.807, 2.05) is 18.2 Å². The Hall–Kier alpha value is -1.06. The molecule has 0 spiro atoms. The van der Waals surface area contributed by atoms with Gasteiger partial charge in [0.05, 0.1) is 16.6 Å². The Morgan fingerprint density at radius 3 is 2.86 bits per heavy atom. The number of hydrogen-bond acceptors (Lipinski definition) is 2. The zero-order valence-corrected chi connectivity index (χ0v) is 13.9. The number of imidazole rings is 1. The van der Waals surface area contributed by atoms with Crippen molar-refractivity contribution in [1.29, 1.82) is 0 Å². The third kappa shape index (κ3) is 2.47. The molecule has 0 amide bonds. The number of nitrogens with one attached hydrogen (secondary N) is 1. The van der Waals surface area contributed by atoms with Crippen LogP contribution in [0.1, 0.15) is 58.3 Å². The lowest BCUT2D eigenvalue weighted by atomic mass is 9.90. The van der Waals surface area contributed by atoms with E-state index in [-0.39, 0.29) is 5.54 Å². The second kappa shape index (κ2) is 5.62. The first-order chi connectivity index (χ1) is 10.1. The predicted octanol–water partition coefficient (Wildman–Crippen LogP) is 4.65. The third-order valence-corrected chi connectivity index (χ3v) is 4.75. The number of hydrogen-bond donors (Lipinski definition) is 1. The van der Waals surface area contributed by atoms with Crippen molar-refractivity contribution in [3.05, 3.63) is 29.0 Å². The molecular weight excluding hydrogens is 282 g/mol. The lowest BCUT2D eigenvalue weighted by Gasteiger charge is -2.30. The highest BCUT2D eigenvalue weighted by Crippen LogP contribution is 2.38. The Morgan fingerprint density at radius 1 is 1.43 bits per heavy atom. The van der Waals surface area contributed by atoms with Gasteiger partial charge in [0, 0.05) is 11.1 Å². The molecule has 1 aliphatic rings. The molecule has 1 fully saturated rings. The molecule has 0 aliphatic carbocycles. The number of rotatable bonds is 4. The van der Waals surface area contributed by atoms with Crippen molar-refractivity contribution in [2.75, 3.05) is 6.54 Å². The summed E-state index contributed by atoms with van der Waals surface area (Å²) < 4.78 is 2.37. The van der Waals surface area contributed by atoms with Gasteiger partial charge in [-0.05, 0) is 57.9 Å². The first-order valence-electron chi connectivity index (χ1n) is 8.00. The molecule has 2 heterocycles. The van der Waals surface area contributed by atoms with Gasteiger partial charge >= 0.3 is 0 Å². The van der Waals surface area contributed by atoms with Crippen LogP contribution >= 0.6 is 11.6 Å². The van der Waals surface area contributed by atoms with Crippen LogP contribution in [0.15, 0.2) is 18.2 Å². The van der Waals surface area contributed by atoms with Gasteiger partial charge in [0.25, 0.3) is 0 Å². The van der Waals surface area contributed by atoms with Crippen LogP contribution in [0.2, 0.25) is 5.02 Å². The van der Waals surface area contributed by atoms with E-state index in [0.717, 1.165) is 35.4 Å². The standard InChI is InChI=1S/C17H24ClN3/c1-4-8-17(9-5-10-19-17)16-20-14-7-6-13(18)11-15(14)21(16)12(2)3/h6-7,11-12,19H,4-5,8-10H2,1-3H3. The van der Waals surface area contributed by atoms with Crippen molar-refractivity contribution in [2.24, 2.45) is 0 Å². The lowest BCUT2D eigenvalue weighted by molar-refractivity contribution is 0.316. The summed E-state index contributed by atoms with van der Waals surface area (Å²) in [6, 6.07) is 6.39. The van der Waals surface area contributed by atoms with Crippen LogP contribution in [0.4, 0.5) is 0 Å². The fourth-order valence-electron chi connectivity index (χ4n) is 3.68. The van der Waals surface area contributed by atoms with E-state index in [1.54, 1.807) is 0 Å². The van der Waals surface area contributed by atoms with Crippen molar-refractivity contribution in [3.63, 3.8) is 0 Å². The Labute approximate surface area is 131 Å². The second-order valence-corrected chi connectivity index (χ2v) is 6.83. The molecule has 1 aliphatic heterocycles. The van der Waals surface area contributed by atoms with Crippen LogP contribution in [-0.2, 0) is 5.54 Å². The topological polar surface area (TPSA) is 29.9 Å². The summed E-state index contributed by atoms with van der Waals surface area (Å²) in [7, 11) is 0. The number of nitrogens with zero attached hydrogens (tertiary/aromatic N) is 2. The first-order valence-corrected chi connectivity index (χ1v) is 8.38. The second-order valence-electron chi connectivity index (χ2n) is 6.39. The molecule has 4 heteroatoms. The Bertz CT molecular complexity index is 639. The normalized spacial score (nSPS) is 22.5. The van der Waals surface area contributed by atoms with Crippen molar-refractivity contribution >= 4 is 22.6 Å². The molecule has 1 atom stereocenters. The van der Waals surface area contributed by atoms with Crippen LogP contribution in [-0.4, -0.2) is 16.1 Å². The van der Waals surface area contributed by atoms with Crippen molar-refractivity contribution in [1.82, 2.24) is 14.9 Å². The van der Waals surface area contributed by atoms with Gasteiger partial charge in [0.15, 0.2) is 0 Å². The Morgan fingerprint density at radius 2 is 2.24 bits per heavy atom. The van der Waals surface area contributed by atoms with Gasteiger partial charge < -0.3 is 9.88 Å². The van der Waals surface area contributed by atoms with E-state index < -0.39 is 0 Å². The van der Waals surface area contributed by atoms with Gasteiger partial charge in [-0.3, -0.25) is 0 Å². The number of fused-ring (bicyclic) bond motifs is 1. The average molecular weight is 306 g/mol. The van der Waals surface area contributed by atoms with Gasteiger partial charge in [-0.1, -0.05) is 24.9 Å². The SMILES string of the molecule is CCCC1(c2nc3ccc(Cl)cc3n2C(C)C)CCCN1. The molecule has 1 aromatic carbocycles. The largest absolute Gasteiger partial charge is 0.324 e. The summed E-state index contributed by atoms with van der Waals surface area (Å²) in [6.45, 7) is 7.78. The fourth-order valence-corrected chi connectivity index (χ4v) is 3.84. The molecular formula is C17H24ClN3. The smallest absolute Gasteiger partial charge is 0.130 e. The maximum atomic E-state index is 6.20. The van der Waals surface area contributed by atoms with Crippen molar-refractivity contribution < 1.29 is 0 Å². The molecule has 1 unspecified atom stereocenters. The van der Waals surface area contributed by atoms with Crippen molar-refractivity contribution in [2.45, 2.75) is 58.0 Å². The summed E-state index contributed by atoms with van der Waals surface area (Å²) in [5.74, 6) is 1.19. The molecule has 1 N–H and O–H groups in total. The third-order valence-electron chi connectivity index (χ3n) is 4.52. The maximum Gasteiger partial charge on any atom is 0.130 e. The number of benzene rings is 1. The van der Waals surface area contributed by atoms with Gasteiger partial charge in [0.1, 0.15) is 5.82 Å². The predicted molar refractivity (Wildman–Crippen MR) is 89.0 cm³/mol. The quantitative estimate of drug-likeness (QED) is 0.891. The Balaban J connectivity index is 2.23. The number of aromatic nitrogens is 2. The minimum absolute atomic E-state index is 0.0323. The zero-order valence-electron chi connectivity index (χ0n) is 13.1. The highest BCUT2D eigenvalue weighted by atomic mass is 35.5. The fraction of sp³-hybridized carbons (Fsp3) is 0.588. The summed E-state index contributed by atoms with van der Waals surface area (Å²) in [5.41, 5.74) is 2.23. The van der Waals surface area contributed by atoms with E-state index in [4.69, 9.17) is 16.6 Å².